The zero-order valence-corrected chi connectivity index (χ0v) is 10.3. The largest absolute Gasteiger partial charge is 0.375 e. The van der Waals surface area contributed by atoms with E-state index in [4.69, 9.17) is 5.73 Å². The zero-order valence-electron chi connectivity index (χ0n) is 9.48. The number of nitrogens with zero attached hydrogens (tertiary/aromatic N) is 2. The molecule has 0 bridgehead atoms. The lowest BCUT2D eigenvalue weighted by Gasteiger charge is -2.14. The molecule has 0 aliphatic carbocycles. The van der Waals surface area contributed by atoms with Gasteiger partial charge in [0, 0.05) is 18.5 Å². The van der Waals surface area contributed by atoms with Gasteiger partial charge in [-0.15, -0.1) is 11.3 Å². The summed E-state index contributed by atoms with van der Waals surface area (Å²) in [4.78, 5) is 18.0. The Kier molecular flexibility index (Phi) is 3.43. The Morgan fingerprint density at radius 3 is 3.19 bits per heavy atom. The maximum atomic E-state index is 12.0. The second-order valence-electron chi connectivity index (χ2n) is 4.27. The highest BCUT2D eigenvalue weighted by Gasteiger charge is 2.27. The highest BCUT2D eigenvalue weighted by Crippen LogP contribution is 2.23. The second kappa shape index (κ2) is 4.82. The molecule has 0 radical (unpaired) electrons. The number of carbonyl (C=O) groups is 1. The number of carbonyl (C=O) groups excluding carboxylic acids is 1. The molecule has 0 aromatic carbocycles. The molecule has 5 heteroatoms. The van der Waals surface area contributed by atoms with Crippen molar-refractivity contribution < 1.29 is 4.79 Å². The van der Waals surface area contributed by atoms with Crippen LogP contribution < -0.4 is 5.73 Å². The van der Waals surface area contributed by atoms with Crippen LogP contribution in [0.5, 0.6) is 0 Å². The summed E-state index contributed by atoms with van der Waals surface area (Å²) in [5, 5.41) is 2.21. The molecule has 4 nitrogen and oxygen atoms in total. The van der Waals surface area contributed by atoms with E-state index in [1.807, 2.05) is 4.90 Å². The first-order chi connectivity index (χ1) is 7.70. The normalized spacial score (nSPS) is 20.3. The van der Waals surface area contributed by atoms with Crippen molar-refractivity contribution in [2.75, 3.05) is 18.8 Å². The highest BCUT2D eigenvalue weighted by molar-refractivity contribution is 7.13. The topological polar surface area (TPSA) is 59.2 Å². The summed E-state index contributed by atoms with van der Waals surface area (Å²) in [6, 6.07) is 0. The molecule has 1 aromatic rings. The molecule has 1 atom stereocenters. The highest BCUT2D eigenvalue weighted by atomic mass is 32.1. The summed E-state index contributed by atoms with van der Waals surface area (Å²) in [7, 11) is 0. The van der Waals surface area contributed by atoms with Crippen LogP contribution in [0.15, 0.2) is 5.38 Å². The van der Waals surface area contributed by atoms with E-state index in [2.05, 4.69) is 11.9 Å². The number of anilines is 1. The third kappa shape index (κ3) is 2.35. The van der Waals surface area contributed by atoms with Crippen molar-refractivity contribution in [1.82, 2.24) is 9.88 Å². The predicted molar refractivity (Wildman–Crippen MR) is 65.4 cm³/mol. The van der Waals surface area contributed by atoms with Crippen LogP contribution in [0.25, 0.3) is 0 Å². The molecule has 1 aliphatic heterocycles. The van der Waals surface area contributed by atoms with Gasteiger partial charge >= 0.3 is 0 Å². The van der Waals surface area contributed by atoms with Crippen molar-refractivity contribution >= 4 is 22.4 Å². The molecule has 1 aliphatic rings. The maximum absolute atomic E-state index is 12.0. The average molecular weight is 239 g/mol. The van der Waals surface area contributed by atoms with Crippen LogP contribution in [0.4, 0.5) is 5.13 Å². The number of aromatic nitrogens is 1. The van der Waals surface area contributed by atoms with E-state index >= 15 is 0 Å². The molecular weight excluding hydrogens is 222 g/mol. The van der Waals surface area contributed by atoms with Gasteiger partial charge in [0.2, 0.25) is 0 Å². The molecule has 0 spiro atoms. The lowest BCUT2D eigenvalue weighted by atomic mass is 10.0. The van der Waals surface area contributed by atoms with Crippen LogP contribution in [-0.2, 0) is 0 Å². The molecule has 1 aromatic heterocycles. The SMILES string of the molecule is CCCC1CCN(C(=O)c2csc(N)n2)C1. The van der Waals surface area contributed by atoms with Gasteiger partial charge in [0.25, 0.3) is 5.91 Å². The third-order valence-electron chi connectivity index (χ3n) is 3.01. The monoisotopic (exact) mass is 239 g/mol. The van der Waals surface area contributed by atoms with E-state index in [-0.39, 0.29) is 5.91 Å². The Balaban J connectivity index is 1.97. The Morgan fingerprint density at radius 1 is 1.75 bits per heavy atom. The van der Waals surface area contributed by atoms with Gasteiger partial charge in [-0.05, 0) is 18.8 Å². The summed E-state index contributed by atoms with van der Waals surface area (Å²) in [5.74, 6) is 0.705. The van der Waals surface area contributed by atoms with Crippen molar-refractivity contribution in [3.8, 4) is 0 Å². The summed E-state index contributed by atoms with van der Waals surface area (Å²) in [6.45, 7) is 3.93. The first kappa shape index (κ1) is 11.4. The van der Waals surface area contributed by atoms with Gasteiger partial charge in [-0.25, -0.2) is 4.98 Å². The van der Waals surface area contributed by atoms with Gasteiger partial charge in [-0.1, -0.05) is 13.3 Å². The van der Waals surface area contributed by atoms with Crippen molar-refractivity contribution in [3.63, 3.8) is 0 Å². The minimum atomic E-state index is 0.0338. The molecule has 2 heterocycles. The van der Waals surface area contributed by atoms with Crippen LogP contribution in [-0.4, -0.2) is 28.9 Å². The number of hydrogen-bond donors (Lipinski definition) is 1. The minimum absolute atomic E-state index is 0.0338. The van der Waals surface area contributed by atoms with Crippen LogP contribution in [0.2, 0.25) is 0 Å². The number of amides is 1. The number of likely N-dealkylation sites (tertiary alicyclic amines) is 1. The summed E-state index contributed by atoms with van der Waals surface area (Å²) in [5.41, 5.74) is 6.03. The third-order valence-corrected chi connectivity index (χ3v) is 3.68. The van der Waals surface area contributed by atoms with Gasteiger partial charge in [0.1, 0.15) is 5.69 Å². The molecule has 2 N–H and O–H groups in total. The van der Waals surface area contributed by atoms with E-state index in [1.54, 1.807) is 5.38 Å². The number of nitrogen functional groups attached to an aromatic ring is 1. The Bertz CT molecular complexity index is 377. The fourth-order valence-corrected chi connectivity index (χ4v) is 2.75. The van der Waals surface area contributed by atoms with Crippen LogP contribution in [0.3, 0.4) is 0 Å². The lowest BCUT2D eigenvalue weighted by Crippen LogP contribution is -2.28. The maximum Gasteiger partial charge on any atom is 0.273 e. The van der Waals surface area contributed by atoms with Crippen LogP contribution in [0, 0.1) is 5.92 Å². The quantitative estimate of drug-likeness (QED) is 0.877. The molecule has 88 valence electrons. The molecule has 1 amide bonds. The van der Waals surface area contributed by atoms with Crippen molar-refractivity contribution in [3.05, 3.63) is 11.1 Å². The van der Waals surface area contributed by atoms with E-state index in [1.165, 1.54) is 24.2 Å². The standard InChI is InChI=1S/C11H17N3OS/c1-2-3-8-4-5-14(6-8)10(15)9-7-16-11(12)13-9/h7-8H,2-6H2,1H3,(H2,12,13). The Labute approximate surface area is 99.5 Å². The summed E-state index contributed by atoms with van der Waals surface area (Å²) < 4.78 is 0. The number of hydrogen-bond acceptors (Lipinski definition) is 4. The summed E-state index contributed by atoms with van der Waals surface area (Å²) in [6.07, 6.45) is 3.53. The Morgan fingerprint density at radius 2 is 2.56 bits per heavy atom. The summed E-state index contributed by atoms with van der Waals surface area (Å²) >= 11 is 1.32. The van der Waals surface area contributed by atoms with E-state index < -0.39 is 0 Å². The second-order valence-corrected chi connectivity index (χ2v) is 5.16. The van der Waals surface area contributed by atoms with Crippen LogP contribution in [0.1, 0.15) is 36.7 Å². The number of nitrogens with two attached hydrogens (primary N) is 1. The van der Waals surface area contributed by atoms with E-state index in [0.717, 1.165) is 19.5 Å². The van der Waals surface area contributed by atoms with Gasteiger partial charge in [-0.2, -0.15) is 0 Å². The smallest absolute Gasteiger partial charge is 0.273 e. The number of thiazole rings is 1. The van der Waals surface area contributed by atoms with E-state index in [9.17, 15) is 4.79 Å². The van der Waals surface area contributed by atoms with Crippen molar-refractivity contribution in [1.29, 1.82) is 0 Å². The molecular formula is C11H17N3OS. The predicted octanol–water partition coefficient (Wildman–Crippen LogP) is 1.99. The number of rotatable bonds is 3. The van der Waals surface area contributed by atoms with Gasteiger partial charge in [0.15, 0.2) is 5.13 Å². The lowest BCUT2D eigenvalue weighted by molar-refractivity contribution is 0.0781. The molecule has 1 unspecified atom stereocenters. The van der Waals surface area contributed by atoms with Gasteiger partial charge < -0.3 is 10.6 Å². The van der Waals surface area contributed by atoms with Crippen LogP contribution >= 0.6 is 11.3 Å². The molecule has 2 rings (SSSR count). The van der Waals surface area contributed by atoms with Gasteiger partial charge in [-0.3, -0.25) is 4.79 Å². The fourth-order valence-electron chi connectivity index (χ4n) is 2.21. The fraction of sp³-hybridized carbons (Fsp3) is 0.636. The first-order valence-electron chi connectivity index (χ1n) is 5.71. The molecule has 16 heavy (non-hydrogen) atoms. The van der Waals surface area contributed by atoms with Gasteiger partial charge in [0.05, 0.1) is 0 Å². The van der Waals surface area contributed by atoms with E-state index in [0.29, 0.717) is 16.7 Å². The Hall–Kier alpha value is -1.10. The van der Waals surface area contributed by atoms with Crippen molar-refractivity contribution in [2.24, 2.45) is 5.92 Å². The molecule has 1 fully saturated rings. The minimum Gasteiger partial charge on any atom is -0.375 e. The first-order valence-corrected chi connectivity index (χ1v) is 6.59. The van der Waals surface area contributed by atoms with Crippen molar-refractivity contribution in [2.45, 2.75) is 26.2 Å². The zero-order chi connectivity index (χ0) is 11.5. The molecule has 0 saturated carbocycles. The average Bonchev–Trinajstić information content (AvgIpc) is 2.87. The molecule has 1 saturated heterocycles.